The molecule has 0 aliphatic heterocycles. The Labute approximate surface area is 545 Å². The summed E-state index contributed by atoms with van der Waals surface area (Å²) in [6, 6.07) is 0. The van der Waals surface area contributed by atoms with E-state index in [4.69, 9.17) is 19.4 Å². The van der Waals surface area contributed by atoms with Gasteiger partial charge in [-0.15, -0.1) is 60.5 Å². The summed E-state index contributed by atoms with van der Waals surface area (Å²) in [6.45, 7) is 0. The van der Waals surface area contributed by atoms with Crippen LogP contribution in [-0.4, -0.2) is 255 Å². The standard InChI is InChI=1S/C51H60B30N4OS/c52-12-1(2-14(54)27(67)34(74)28(68)15(2)55)13(53)22(62)9(21(12)61)49-82-50(10-24(64)31(71)35(75)32(72)25(10)65)84-51(83-49)11-23(63)17(57)4-5-18(58)33(73)40(80)44(46(5)86-45(4)26(11)66)85-42-3(16(56)29(69)36(76)39(42)79)8-43(85)38(78)20(60)6-7-19(59)30(70)37(77)41(81)48(7)87-47(6)8/h52-81H2. The molecule has 36 heteroatoms. The van der Waals surface area contributed by atoms with Crippen molar-refractivity contribution >= 4 is 475 Å². The van der Waals surface area contributed by atoms with Gasteiger partial charge in [0.1, 0.15) is 241 Å². The summed E-state index contributed by atoms with van der Waals surface area (Å²) in [4.78, 5) is 17.1. The third-order valence-electron chi connectivity index (χ3n) is 23.8. The lowest BCUT2D eigenvalue weighted by atomic mass is 9.56. The van der Waals surface area contributed by atoms with Gasteiger partial charge < -0.3 is 8.98 Å². The summed E-state index contributed by atoms with van der Waals surface area (Å²) in [5.74, 6) is 2.06. The Balaban J connectivity index is 1.21. The highest BCUT2D eigenvalue weighted by Gasteiger charge is 2.32. The summed E-state index contributed by atoms with van der Waals surface area (Å²) < 4.78 is 13.3. The van der Waals surface area contributed by atoms with Crippen molar-refractivity contribution in [1.82, 2.24) is 19.5 Å². The van der Waals surface area contributed by atoms with E-state index in [9.17, 15) is 0 Å². The minimum Gasteiger partial charge on any atom is -0.454 e. The summed E-state index contributed by atoms with van der Waals surface area (Å²) in [5, 5.41) is 7.88. The summed E-state index contributed by atoms with van der Waals surface area (Å²) in [6.07, 6.45) is 0. The first-order valence-corrected chi connectivity index (χ1v) is 32.4. The van der Waals surface area contributed by atoms with E-state index in [2.05, 4.69) is 240 Å². The zero-order valence-corrected chi connectivity index (χ0v) is 58.9. The maximum Gasteiger partial charge on any atom is 0.163 e. The predicted molar refractivity (Wildman–Crippen MR) is 481 cm³/mol. The molecule has 386 valence electrons. The first kappa shape index (κ1) is 61.8. The van der Waals surface area contributed by atoms with Crippen LogP contribution in [-0.2, 0) is 0 Å². The van der Waals surface area contributed by atoms with E-state index in [1.807, 2.05) is 11.3 Å². The van der Waals surface area contributed by atoms with Crippen LogP contribution in [0.5, 0.6) is 0 Å². The lowest BCUT2D eigenvalue weighted by Crippen LogP contribution is -2.57. The quantitative estimate of drug-likeness (QED) is 0.161. The Hall–Kier alpha value is -5.46. The molecule has 4 heterocycles. The van der Waals surface area contributed by atoms with E-state index in [-0.39, 0.29) is 0 Å². The number of furan rings is 1. The highest BCUT2D eigenvalue weighted by atomic mass is 32.1. The Morgan fingerprint density at radius 3 is 0.977 bits per heavy atom. The van der Waals surface area contributed by atoms with Gasteiger partial charge in [0.05, 0.1) is 5.69 Å². The molecule has 8 aromatic carbocycles. The van der Waals surface area contributed by atoms with Crippen molar-refractivity contribution in [2.45, 2.75) is 0 Å². The number of benzene rings is 8. The highest BCUT2D eigenvalue weighted by molar-refractivity contribution is 7.28. The highest BCUT2D eigenvalue weighted by Crippen LogP contribution is 2.41. The molecule has 0 spiro atoms. The van der Waals surface area contributed by atoms with Gasteiger partial charge in [-0.3, -0.25) is 0 Å². The fraction of sp³-hybridized carbons (Fsp3) is 0. The number of hydrogen-bond acceptors (Lipinski definition) is 5. The minimum atomic E-state index is 0.665. The molecule has 87 heavy (non-hydrogen) atoms. The zero-order chi connectivity index (χ0) is 63.6. The SMILES string of the molecule is Bc1c(B)c(B)c(-c2nc(-c3c(B)c(B)c(-c4c(B)c(B)c(B)c(B)c4B)c(B)c3B)nc(-c3c(B)c(B)c4c(oc5c(-n6c7c(B)c(B)c(B)c(B)c7c7c8sc9c(B)c(B)c(B)c(B)c9c8c(B)c(B)c76)c(B)c(B)c(B)c54)c3B)n2)c(B)c1B. The van der Waals surface area contributed by atoms with Crippen LogP contribution in [0, 0.1) is 0 Å². The molecule has 0 fully saturated rings. The molecule has 0 aliphatic rings. The third kappa shape index (κ3) is 8.17. The Kier molecular flexibility index (Phi) is 15.0. The lowest BCUT2D eigenvalue weighted by Gasteiger charge is -2.27. The summed E-state index contributed by atoms with van der Waals surface area (Å²) in [7, 11) is 69.1. The van der Waals surface area contributed by atoms with Crippen LogP contribution < -0.4 is 164 Å². The van der Waals surface area contributed by atoms with Crippen LogP contribution in [0.4, 0.5) is 0 Å². The molecule has 0 radical (unpaired) electrons. The smallest absolute Gasteiger partial charge is 0.163 e. The third-order valence-corrected chi connectivity index (χ3v) is 25.2. The lowest BCUT2D eigenvalue weighted by molar-refractivity contribution is 0.670. The summed E-state index contributed by atoms with van der Waals surface area (Å²) in [5.41, 5.74) is 50.0. The van der Waals surface area contributed by atoms with E-state index in [0.29, 0.717) is 17.5 Å². The Morgan fingerprint density at radius 1 is 0.218 bits per heavy atom. The van der Waals surface area contributed by atoms with E-state index < -0.39 is 0 Å². The molecule has 12 aromatic rings. The summed E-state index contributed by atoms with van der Waals surface area (Å²) >= 11 is 2.00. The topological polar surface area (TPSA) is 56.7 Å². The second kappa shape index (κ2) is 21.1. The maximum atomic E-state index is 7.83. The van der Waals surface area contributed by atoms with Crippen molar-refractivity contribution in [2.75, 3.05) is 0 Å². The first-order chi connectivity index (χ1) is 40.7. The molecule has 4 aromatic heterocycles. The maximum absolute atomic E-state index is 7.83. The number of thiophene rings is 1. The van der Waals surface area contributed by atoms with Crippen LogP contribution in [0.2, 0.25) is 0 Å². The fourth-order valence-corrected chi connectivity index (χ4v) is 17.6. The van der Waals surface area contributed by atoms with Crippen molar-refractivity contribution in [2.24, 2.45) is 0 Å². The molecule has 12 rings (SSSR count). The van der Waals surface area contributed by atoms with Crippen LogP contribution in [0.25, 0.3) is 115 Å². The van der Waals surface area contributed by atoms with Crippen LogP contribution in [0.15, 0.2) is 4.42 Å². The molecule has 5 nitrogen and oxygen atoms in total. The van der Waals surface area contributed by atoms with E-state index >= 15 is 0 Å². The normalized spacial score (nSPS) is 11.9. The predicted octanol–water partition coefficient (Wildman–Crippen LogP) is -38.3. The second-order valence-electron chi connectivity index (χ2n) is 27.1. The number of rotatable bonds is 5. The fourth-order valence-electron chi connectivity index (χ4n) is 16.1. The molecule has 0 saturated carbocycles. The average Bonchev–Trinajstić information content (AvgIpc) is 1.59. The molecular weight excluding hydrogens is 1040 g/mol. The monoisotopic (exact) mass is 1110 g/mol. The molecule has 0 atom stereocenters. The van der Waals surface area contributed by atoms with Gasteiger partial charge in [0, 0.05) is 58.7 Å². The molecule has 0 unspecified atom stereocenters. The van der Waals surface area contributed by atoms with Crippen LogP contribution in [0.3, 0.4) is 0 Å². The molecule has 0 N–H and O–H groups in total. The van der Waals surface area contributed by atoms with Crippen LogP contribution >= 0.6 is 11.3 Å². The van der Waals surface area contributed by atoms with E-state index in [0.717, 1.165) is 49.9 Å². The molecule has 0 aliphatic carbocycles. The number of hydrogen-bond donors (Lipinski definition) is 0. The van der Waals surface area contributed by atoms with Gasteiger partial charge in [0.2, 0.25) is 0 Å². The van der Waals surface area contributed by atoms with E-state index in [1.165, 1.54) is 211 Å². The van der Waals surface area contributed by atoms with Crippen LogP contribution in [0.1, 0.15) is 0 Å². The van der Waals surface area contributed by atoms with Crippen molar-refractivity contribution in [3.05, 3.63) is 0 Å². The molecule has 0 bridgehead atoms. The molecule has 0 saturated heterocycles. The van der Waals surface area contributed by atoms with Crippen molar-refractivity contribution < 1.29 is 4.42 Å². The first-order valence-electron chi connectivity index (χ1n) is 31.6. The largest absolute Gasteiger partial charge is 0.454 e. The molecule has 0 amide bonds. The van der Waals surface area contributed by atoms with Gasteiger partial charge in [0.25, 0.3) is 0 Å². The molecular formula is C51H60B30N4OS. The zero-order valence-electron chi connectivity index (χ0n) is 58.1. The van der Waals surface area contributed by atoms with Crippen molar-refractivity contribution in [3.8, 4) is 51.0 Å². The van der Waals surface area contributed by atoms with Gasteiger partial charge in [-0.05, 0) is 27.4 Å². The Morgan fingerprint density at radius 2 is 0.494 bits per heavy atom. The van der Waals surface area contributed by atoms with Crippen molar-refractivity contribution in [1.29, 1.82) is 0 Å². The van der Waals surface area contributed by atoms with Gasteiger partial charge in [-0.25, -0.2) is 15.0 Å². The Bertz CT molecular complexity index is 5220. The van der Waals surface area contributed by atoms with Gasteiger partial charge in [0.15, 0.2) is 23.1 Å². The van der Waals surface area contributed by atoms with Gasteiger partial charge in [-0.1, -0.05) is 109 Å². The number of aromatic nitrogens is 4. The van der Waals surface area contributed by atoms with Gasteiger partial charge >= 0.3 is 0 Å². The number of fused-ring (bicyclic) bond motifs is 10. The van der Waals surface area contributed by atoms with Crippen molar-refractivity contribution in [3.63, 3.8) is 0 Å². The second-order valence-corrected chi connectivity index (χ2v) is 28.1. The van der Waals surface area contributed by atoms with Gasteiger partial charge in [-0.2, -0.15) is 0 Å². The van der Waals surface area contributed by atoms with E-state index in [1.54, 1.807) is 0 Å². The average molecular weight is 1100 g/mol. The number of nitrogens with zero attached hydrogens (tertiary/aromatic N) is 4. The minimum absolute atomic E-state index is 0.665.